The van der Waals surface area contributed by atoms with Crippen molar-refractivity contribution in [2.75, 3.05) is 26.1 Å². The van der Waals surface area contributed by atoms with Crippen LogP contribution in [0.15, 0.2) is 24.4 Å². The average molecular weight is 372 g/mol. The van der Waals surface area contributed by atoms with E-state index in [1.54, 1.807) is 20.4 Å². The SMILES string of the molecule is CCC[C@@H](C)n1nccc1NC(=O)N1CCc2cc(OC)c(OC)cc2C1. The molecule has 2 aromatic rings. The fourth-order valence-corrected chi connectivity index (χ4v) is 3.55. The lowest BCUT2D eigenvalue weighted by atomic mass is 9.99. The second kappa shape index (κ2) is 8.33. The molecule has 0 saturated carbocycles. The van der Waals surface area contributed by atoms with Crippen molar-refractivity contribution in [2.24, 2.45) is 0 Å². The summed E-state index contributed by atoms with van der Waals surface area (Å²) in [6.07, 6.45) is 4.60. The minimum Gasteiger partial charge on any atom is -0.493 e. The number of urea groups is 1. The Labute approximate surface area is 160 Å². The molecule has 1 N–H and O–H groups in total. The van der Waals surface area contributed by atoms with Gasteiger partial charge in [-0.25, -0.2) is 9.48 Å². The third-order valence-corrected chi connectivity index (χ3v) is 5.03. The zero-order valence-electron chi connectivity index (χ0n) is 16.5. The largest absolute Gasteiger partial charge is 0.493 e. The minimum absolute atomic E-state index is 0.110. The van der Waals surface area contributed by atoms with Gasteiger partial charge in [-0.3, -0.25) is 5.32 Å². The van der Waals surface area contributed by atoms with E-state index in [-0.39, 0.29) is 12.1 Å². The van der Waals surface area contributed by atoms with E-state index in [2.05, 4.69) is 24.3 Å². The molecule has 7 heteroatoms. The van der Waals surface area contributed by atoms with Gasteiger partial charge in [0.25, 0.3) is 0 Å². The number of nitrogens with zero attached hydrogens (tertiary/aromatic N) is 3. The molecule has 0 saturated heterocycles. The van der Waals surface area contributed by atoms with Crippen molar-refractivity contribution in [3.63, 3.8) is 0 Å². The molecule has 146 valence electrons. The predicted molar refractivity (Wildman–Crippen MR) is 105 cm³/mol. The van der Waals surface area contributed by atoms with Crippen LogP contribution < -0.4 is 14.8 Å². The molecule has 0 radical (unpaired) electrons. The standard InChI is InChI=1S/C20H28N4O3/c1-5-6-14(2)24-19(7-9-21-24)22-20(25)23-10-8-15-11-17(26-3)18(27-4)12-16(15)13-23/h7,9,11-12,14H,5-6,8,10,13H2,1-4H3,(H,22,25)/t14-/m1/s1. The van der Waals surface area contributed by atoms with E-state index in [9.17, 15) is 4.79 Å². The summed E-state index contributed by atoms with van der Waals surface area (Å²) in [5.74, 6) is 2.15. The van der Waals surface area contributed by atoms with Gasteiger partial charge in [0.1, 0.15) is 5.82 Å². The maximum Gasteiger partial charge on any atom is 0.323 e. The van der Waals surface area contributed by atoms with Crippen LogP contribution >= 0.6 is 0 Å². The summed E-state index contributed by atoms with van der Waals surface area (Å²) in [5, 5.41) is 7.38. The van der Waals surface area contributed by atoms with Crippen LogP contribution in [-0.4, -0.2) is 41.5 Å². The maximum atomic E-state index is 12.8. The van der Waals surface area contributed by atoms with Gasteiger partial charge in [-0.05, 0) is 43.0 Å². The molecular formula is C20H28N4O3. The second-order valence-corrected chi connectivity index (χ2v) is 6.88. The number of anilines is 1. The Balaban J connectivity index is 1.72. The summed E-state index contributed by atoms with van der Waals surface area (Å²) >= 11 is 0. The fraction of sp³-hybridized carbons (Fsp3) is 0.500. The number of ether oxygens (including phenoxy) is 2. The van der Waals surface area contributed by atoms with Gasteiger partial charge in [0, 0.05) is 19.2 Å². The van der Waals surface area contributed by atoms with Crippen LogP contribution in [0.2, 0.25) is 0 Å². The van der Waals surface area contributed by atoms with Gasteiger partial charge in [-0.15, -0.1) is 0 Å². The first-order chi connectivity index (χ1) is 13.1. The molecule has 1 aromatic heterocycles. The van der Waals surface area contributed by atoms with Crippen molar-refractivity contribution in [3.05, 3.63) is 35.5 Å². The zero-order valence-corrected chi connectivity index (χ0v) is 16.5. The van der Waals surface area contributed by atoms with Crippen LogP contribution in [0.3, 0.4) is 0 Å². The van der Waals surface area contributed by atoms with E-state index in [0.717, 1.165) is 36.4 Å². The number of methoxy groups -OCH3 is 2. The summed E-state index contributed by atoms with van der Waals surface area (Å²) in [5.41, 5.74) is 2.28. The van der Waals surface area contributed by atoms with Crippen molar-refractivity contribution in [1.82, 2.24) is 14.7 Å². The number of hydrogen-bond acceptors (Lipinski definition) is 4. The summed E-state index contributed by atoms with van der Waals surface area (Å²) in [6, 6.07) is 5.95. The molecule has 7 nitrogen and oxygen atoms in total. The van der Waals surface area contributed by atoms with Gasteiger partial charge in [-0.1, -0.05) is 13.3 Å². The first kappa shape index (κ1) is 19.1. The number of benzene rings is 1. The van der Waals surface area contributed by atoms with Crippen LogP contribution in [0.5, 0.6) is 11.5 Å². The third kappa shape index (κ3) is 4.02. The van der Waals surface area contributed by atoms with Gasteiger partial charge >= 0.3 is 6.03 Å². The van der Waals surface area contributed by atoms with Crippen molar-refractivity contribution in [2.45, 2.75) is 45.7 Å². The first-order valence-electron chi connectivity index (χ1n) is 9.40. The van der Waals surface area contributed by atoms with Crippen LogP contribution in [-0.2, 0) is 13.0 Å². The number of aromatic nitrogens is 2. The van der Waals surface area contributed by atoms with Gasteiger partial charge in [-0.2, -0.15) is 5.10 Å². The molecule has 2 heterocycles. The quantitative estimate of drug-likeness (QED) is 0.836. The molecule has 1 atom stereocenters. The lowest BCUT2D eigenvalue weighted by Gasteiger charge is -2.30. The molecule has 1 aliphatic rings. The predicted octanol–water partition coefficient (Wildman–Crippen LogP) is 3.85. The van der Waals surface area contributed by atoms with Gasteiger partial charge in [0.15, 0.2) is 11.5 Å². The van der Waals surface area contributed by atoms with E-state index in [4.69, 9.17) is 9.47 Å². The highest BCUT2D eigenvalue weighted by molar-refractivity contribution is 5.88. The topological polar surface area (TPSA) is 68.6 Å². The Bertz CT molecular complexity index is 803. The van der Waals surface area contributed by atoms with Crippen LogP contribution in [0, 0.1) is 0 Å². The third-order valence-electron chi connectivity index (χ3n) is 5.03. The normalized spacial score (nSPS) is 14.4. The lowest BCUT2D eigenvalue weighted by molar-refractivity contribution is 0.206. The first-order valence-corrected chi connectivity index (χ1v) is 9.40. The smallest absolute Gasteiger partial charge is 0.323 e. The number of hydrogen-bond donors (Lipinski definition) is 1. The number of carbonyl (C=O) groups is 1. The summed E-state index contributed by atoms with van der Waals surface area (Å²) < 4.78 is 12.6. The molecular weight excluding hydrogens is 344 g/mol. The van der Waals surface area contributed by atoms with E-state index >= 15 is 0 Å². The molecule has 1 aliphatic heterocycles. The van der Waals surface area contributed by atoms with Crippen LogP contribution in [0.1, 0.15) is 43.9 Å². The lowest BCUT2D eigenvalue weighted by Crippen LogP contribution is -2.39. The van der Waals surface area contributed by atoms with Crippen molar-refractivity contribution >= 4 is 11.8 Å². The maximum absolute atomic E-state index is 12.8. The highest BCUT2D eigenvalue weighted by Crippen LogP contribution is 2.33. The molecule has 3 rings (SSSR count). The van der Waals surface area contributed by atoms with Gasteiger partial charge in [0.2, 0.25) is 0 Å². The molecule has 0 bridgehead atoms. The second-order valence-electron chi connectivity index (χ2n) is 6.88. The molecule has 0 spiro atoms. The molecule has 2 amide bonds. The molecule has 1 aromatic carbocycles. The van der Waals surface area contributed by atoms with Crippen molar-refractivity contribution in [3.8, 4) is 11.5 Å². The van der Waals surface area contributed by atoms with Crippen LogP contribution in [0.4, 0.5) is 10.6 Å². The minimum atomic E-state index is -0.110. The molecule has 0 fully saturated rings. The monoisotopic (exact) mass is 372 g/mol. The number of carbonyl (C=O) groups excluding carboxylic acids is 1. The highest BCUT2D eigenvalue weighted by Gasteiger charge is 2.24. The Morgan fingerprint density at radius 1 is 1.26 bits per heavy atom. The van der Waals surface area contributed by atoms with E-state index in [1.165, 1.54) is 5.56 Å². The van der Waals surface area contributed by atoms with Crippen LogP contribution in [0.25, 0.3) is 0 Å². The fourth-order valence-electron chi connectivity index (χ4n) is 3.55. The van der Waals surface area contributed by atoms with Gasteiger partial charge < -0.3 is 14.4 Å². The highest BCUT2D eigenvalue weighted by atomic mass is 16.5. The number of fused-ring (bicyclic) bond motifs is 1. The number of nitrogens with one attached hydrogen (secondary N) is 1. The Morgan fingerprint density at radius 3 is 2.63 bits per heavy atom. The Kier molecular flexibility index (Phi) is 5.88. The number of rotatable bonds is 6. The summed E-state index contributed by atoms with van der Waals surface area (Å²) in [4.78, 5) is 14.6. The molecule has 0 aliphatic carbocycles. The molecule has 27 heavy (non-hydrogen) atoms. The van der Waals surface area contributed by atoms with Gasteiger partial charge in [0.05, 0.1) is 26.5 Å². The van der Waals surface area contributed by atoms with E-state index < -0.39 is 0 Å². The molecule has 0 unspecified atom stereocenters. The van der Waals surface area contributed by atoms with Crippen molar-refractivity contribution < 1.29 is 14.3 Å². The zero-order chi connectivity index (χ0) is 19.4. The Morgan fingerprint density at radius 2 is 1.96 bits per heavy atom. The summed E-state index contributed by atoms with van der Waals surface area (Å²) in [6.45, 7) is 5.46. The average Bonchev–Trinajstić information content (AvgIpc) is 3.14. The van der Waals surface area contributed by atoms with Crippen molar-refractivity contribution in [1.29, 1.82) is 0 Å². The summed E-state index contributed by atoms with van der Waals surface area (Å²) in [7, 11) is 3.26. The van der Waals surface area contributed by atoms with E-state index in [0.29, 0.717) is 18.8 Å². The van der Waals surface area contributed by atoms with E-state index in [1.807, 2.05) is 27.8 Å². The Hall–Kier alpha value is -2.70. The number of amides is 2.